The molecule has 0 unspecified atom stereocenters. The zero-order valence-corrected chi connectivity index (χ0v) is 20.2. The molecule has 2 heterocycles. The van der Waals surface area contributed by atoms with Gasteiger partial charge in [-0.25, -0.2) is 14.6 Å². The molecule has 0 radical (unpaired) electrons. The third-order valence-electron chi connectivity index (χ3n) is 5.87. The van der Waals surface area contributed by atoms with E-state index in [0.717, 1.165) is 12.8 Å². The monoisotopic (exact) mass is 478 g/mol. The van der Waals surface area contributed by atoms with Gasteiger partial charge in [0.15, 0.2) is 0 Å². The lowest BCUT2D eigenvalue weighted by Gasteiger charge is -2.29. The number of aromatic carboxylic acids is 1. The highest BCUT2D eigenvalue weighted by Crippen LogP contribution is 2.32. The maximum atomic E-state index is 13.0. The van der Waals surface area contributed by atoms with E-state index in [1.165, 1.54) is 6.07 Å². The minimum atomic E-state index is -1.09. The molecule has 1 fully saturated rings. The minimum Gasteiger partial charge on any atom is -0.478 e. The van der Waals surface area contributed by atoms with E-state index in [4.69, 9.17) is 4.74 Å². The molecule has 1 atom stereocenters. The maximum absolute atomic E-state index is 13.0. The topological polar surface area (TPSA) is 114 Å². The van der Waals surface area contributed by atoms with Crippen molar-refractivity contribution >= 4 is 35.0 Å². The second-order valence-electron chi connectivity index (χ2n) is 9.68. The number of fused-ring (bicyclic) bond motifs is 1. The summed E-state index contributed by atoms with van der Waals surface area (Å²) in [6, 6.07) is 13.3. The van der Waals surface area contributed by atoms with E-state index in [1.807, 2.05) is 26.8 Å². The average molecular weight is 479 g/mol. The van der Waals surface area contributed by atoms with Crippen LogP contribution in [-0.2, 0) is 4.74 Å². The summed E-state index contributed by atoms with van der Waals surface area (Å²) >= 11 is 0. The summed E-state index contributed by atoms with van der Waals surface area (Å²) in [5, 5.41) is 12.8. The van der Waals surface area contributed by atoms with Crippen molar-refractivity contribution in [2.24, 2.45) is 0 Å². The average Bonchev–Trinajstić information content (AvgIpc) is 2.98. The fourth-order valence-electron chi connectivity index (χ4n) is 4.35. The highest BCUT2D eigenvalue weighted by molar-refractivity contribution is 6.06. The summed E-state index contributed by atoms with van der Waals surface area (Å²) in [7, 11) is 0. The Kier molecular flexibility index (Phi) is 6.77. The number of para-hydroxylation sites is 1. The van der Waals surface area contributed by atoms with E-state index >= 15 is 0 Å². The molecule has 3 aromatic rings. The van der Waals surface area contributed by atoms with Gasteiger partial charge in [-0.05, 0) is 64.3 Å². The minimum absolute atomic E-state index is 0.0864. The van der Waals surface area contributed by atoms with Gasteiger partial charge in [0, 0.05) is 18.7 Å². The Labute approximate surface area is 203 Å². The lowest BCUT2D eigenvalue weighted by Crippen LogP contribution is -2.39. The number of imidazole rings is 1. The van der Waals surface area contributed by atoms with Crippen LogP contribution >= 0.6 is 0 Å². The molecule has 1 saturated heterocycles. The number of aromatic nitrogens is 2. The van der Waals surface area contributed by atoms with Gasteiger partial charge < -0.3 is 19.3 Å². The number of carboxylic acid groups (broad SMARTS) is 1. The number of carbonyl (C=O) groups excluding carboxylic acids is 2. The third-order valence-corrected chi connectivity index (χ3v) is 5.87. The van der Waals surface area contributed by atoms with Crippen molar-refractivity contribution in [3.63, 3.8) is 0 Å². The first kappa shape index (κ1) is 24.3. The summed E-state index contributed by atoms with van der Waals surface area (Å²) < 4.78 is 7.36. The number of likely N-dealkylation sites (tertiary alicyclic amines) is 1. The largest absolute Gasteiger partial charge is 0.478 e. The van der Waals surface area contributed by atoms with Crippen molar-refractivity contribution < 1.29 is 24.2 Å². The summed E-state index contributed by atoms with van der Waals surface area (Å²) in [6.45, 7) is 6.30. The normalized spacial score (nSPS) is 16.5. The van der Waals surface area contributed by atoms with E-state index in [-0.39, 0.29) is 23.5 Å². The molecule has 0 spiro atoms. The lowest BCUT2D eigenvalue weighted by atomic mass is 10.1. The van der Waals surface area contributed by atoms with Crippen molar-refractivity contribution in [3.05, 3.63) is 59.7 Å². The SMILES string of the molecule is CC(C)(C)OC(=O)N1CCCC[C@@H](n2c(NC(=O)c3ccccc3)nc3cccc(C(=O)O)c32)C1. The predicted molar refractivity (Wildman–Crippen MR) is 132 cm³/mol. The van der Waals surface area contributed by atoms with Gasteiger partial charge in [-0.15, -0.1) is 0 Å². The first-order chi connectivity index (χ1) is 16.6. The van der Waals surface area contributed by atoms with E-state index in [9.17, 15) is 19.5 Å². The molecule has 0 saturated carbocycles. The number of amides is 2. The highest BCUT2D eigenvalue weighted by atomic mass is 16.6. The molecule has 0 aliphatic carbocycles. The zero-order valence-electron chi connectivity index (χ0n) is 20.2. The molecule has 1 aliphatic heterocycles. The Hall–Kier alpha value is -3.88. The molecule has 9 nitrogen and oxygen atoms in total. The molecule has 35 heavy (non-hydrogen) atoms. The molecule has 184 valence electrons. The predicted octanol–water partition coefficient (Wildman–Crippen LogP) is 4.95. The van der Waals surface area contributed by atoms with Crippen molar-refractivity contribution in [1.29, 1.82) is 0 Å². The van der Waals surface area contributed by atoms with Crippen molar-refractivity contribution in [2.45, 2.75) is 51.7 Å². The molecule has 2 N–H and O–H groups in total. The quantitative estimate of drug-likeness (QED) is 0.549. The zero-order chi connectivity index (χ0) is 25.2. The Bertz CT molecular complexity index is 1250. The number of nitrogens with one attached hydrogen (secondary N) is 1. The summed E-state index contributed by atoms with van der Waals surface area (Å²) in [4.78, 5) is 44.2. The Morgan fingerprint density at radius 1 is 1.06 bits per heavy atom. The first-order valence-corrected chi connectivity index (χ1v) is 11.7. The maximum Gasteiger partial charge on any atom is 0.410 e. The van der Waals surface area contributed by atoms with Crippen molar-refractivity contribution in [3.8, 4) is 0 Å². The van der Waals surface area contributed by atoms with Crippen LogP contribution in [0, 0.1) is 0 Å². The third kappa shape index (κ3) is 5.45. The van der Waals surface area contributed by atoms with E-state index < -0.39 is 17.7 Å². The van der Waals surface area contributed by atoms with Gasteiger partial charge in [0.1, 0.15) is 5.60 Å². The van der Waals surface area contributed by atoms with Crippen LogP contribution in [0.3, 0.4) is 0 Å². The van der Waals surface area contributed by atoms with Gasteiger partial charge in [0.2, 0.25) is 5.95 Å². The first-order valence-electron chi connectivity index (χ1n) is 11.7. The van der Waals surface area contributed by atoms with Crippen LogP contribution in [0.2, 0.25) is 0 Å². The smallest absolute Gasteiger partial charge is 0.410 e. The molecule has 1 aromatic heterocycles. The standard InChI is InChI=1S/C26H30N4O5/c1-26(2,3)35-25(34)29-15-8-7-12-18(16-29)30-21-19(23(32)33)13-9-14-20(21)27-24(30)28-22(31)17-10-5-4-6-11-17/h4-6,9-11,13-14,18H,7-8,12,15-16H2,1-3H3,(H,32,33)(H,27,28,31)/t18-/m1/s1. The number of nitrogens with zero attached hydrogens (tertiary/aromatic N) is 3. The molecule has 1 aliphatic rings. The number of carboxylic acids is 1. The van der Waals surface area contributed by atoms with Gasteiger partial charge in [-0.3, -0.25) is 10.1 Å². The van der Waals surface area contributed by atoms with Crippen LogP contribution in [0.25, 0.3) is 11.0 Å². The number of rotatable bonds is 4. The number of hydrogen-bond donors (Lipinski definition) is 2. The molecular formula is C26H30N4O5. The molecule has 2 amide bonds. The number of carbonyl (C=O) groups is 3. The molecule has 2 aromatic carbocycles. The van der Waals surface area contributed by atoms with E-state index in [1.54, 1.807) is 45.9 Å². The fourth-order valence-corrected chi connectivity index (χ4v) is 4.35. The van der Waals surface area contributed by atoms with E-state index in [2.05, 4.69) is 10.3 Å². The lowest BCUT2D eigenvalue weighted by molar-refractivity contribution is 0.0237. The second-order valence-corrected chi connectivity index (χ2v) is 9.68. The van der Waals surface area contributed by atoms with Gasteiger partial charge in [-0.1, -0.05) is 24.3 Å². The van der Waals surface area contributed by atoms with Gasteiger partial charge in [0.25, 0.3) is 5.91 Å². The molecule has 0 bridgehead atoms. The van der Waals surface area contributed by atoms with Crippen LogP contribution in [-0.4, -0.2) is 56.2 Å². The summed E-state index contributed by atoms with van der Waals surface area (Å²) in [6.07, 6.45) is 1.89. The number of benzene rings is 2. The van der Waals surface area contributed by atoms with E-state index in [0.29, 0.717) is 36.1 Å². The molecule has 4 rings (SSSR count). The van der Waals surface area contributed by atoms with Crippen LogP contribution in [0.1, 0.15) is 66.8 Å². The second kappa shape index (κ2) is 9.77. The van der Waals surface area contributed by atoms with Gasteiger partial charge in [0.05, 0.1) is 22.6 Å². The van der Waals surface area contributed by atoms with Crippen LogP contribution in [0.5, 0.6) is 0 Å². The summed E-state index contributed by atoms with van der Waals surface area (Å²) in [5.74, 6) is -1.19. The van der Waals surface area contributed by atoms with Gasteiger partial charge in [-0.2, -0.15) is 0 Å². The molecular weight excluding hydrogens is 448 g/mol. The Morgan fingerprint density at radius 2 is 1.80 bits per heavy atom. The fraction of sp³-hybridized carbons (Fsp3) is 0.385. The Balaban J connectivity index is 1.77. The Morgan fingerprint density at radius 3 is 2.49 bits per heavy atom. The van der Waals surface area contributed by atoms with Crippen molar-refractivity contribution in [1.82, 2.24) is 14.5 Å². The summed E-state index contributed by atoms with van der Waals surface area (Å²) in [5.41, 5.74) is 0.788. The number of anilines is 1. The van der Waals surface area contributed by atoms with Crippen LogP contribution in [0.15, 0.2) is 48.5 Å². The van der Waals surface area contributed by atoms with Crippen LogP contribution in [0.4, 0.5) is 10.7 Å². The number of ether oxygens (including phenoxy) is 1. The van der Waals surface area contributed by atoms with Crippen LogP contribution < -0.4 is 5.32 Å². The van der Waals surface area contributed by atoms with Crippen molar-refractivity contribution in [2.75, 3.05) is 18.4 Å². The van der Waals surface area contributed by atoms with Gasteiger partial charge >= 0.3 is 12.1 Å². The number of hydrogen-bond acceptors (Lipinski definition) is 5. The highest BCUT2D eigenvalue weighted by Gasteiger charge is 2.31. The molecule has 9 heteroatoms.